The number of hydrogen-bond donors (Lipinski definition) is 3. The number of amides is 1. The first-order valence-corrected chi connectivity index (χ1v) is 12.0. The van der Waals surface area contributed by atoms with Crippen LogP contribution in [-0.2, 0) is 15.8 Å². The highest BCUT2D eigenvalue weighted by atomic mass is 32.2. The summed E-state index contributed by atoms with van der Waals surface area (Å²) in [6.07, 6.45) is 7.25. The number of aromatic nitrogens is 1. The van der Waals surface area contributed by atoms with Crippen LogP contribution in [0.5, 0.6) is 5.75 Å². The van der Waals surface area contributed by atoms with Crippen LogP contribution in [0.2, 0.25) is 0 Å². The molecule has 1 aromatic carbocycles. The molecule has 1 amide bonds. The van der Waals surface area contributed by atoms with E-state index in [0.29, 0.717) is 27.9 Å². The van der Waals surface area contributed by atoms with Crippen molar-refractivity contribution in [3.63, 3.8) is 0 Å². The average Bonchev–Trinajstić information content (AvgIpc) is 2.97. The lowest BCUT2D eigenvalue weighted by Gasteiger charge is -2.15. The molecule has 3 N–H and O–H groups in total. The number of carbonyl (C=O) groups excluding carboxylic acids is 1. The number of thiazole rings is 1. The molecule has 1 aliphatic rings. The van der Waals surface area contributed by atoms with Crippen molar-refractivity contribution in [2.45, 2.75) is 39.0 Å². The van der Waals surface area contributed by atoms with Crippen LogP contribution in [-0.4, -0.2) is 27.3 Å². The number of aliphatic hydroxyl groups is 1. The number of benzene rings is 1. The van der Waals surface area contributed by atoms with Gasteiger partial charge >= 0.3 is 0 Å². The topological polar surface area (TPSA) is 101 Å². The fourth-order valence-corrected chi connectivity index (χ4v) is 4.82. The number of aryl methyl sites for hydroxylation is 1. The number of methoxy groups -OCH3 is 1. The summed E-state index contributed by atoms with van der Waals surface area (Å²) >= 11 is 1.37. The summed E-state index contributed by atoms with van der Waals surface area (Å²) in [5.74, 6) is 0.546. The number of ether oxygens (including phenoxy) is 1. The van der Waals surface area contributed by atoms with Gasteiger partial charge in [-0.1, -0.05) is 38.2 Å². The Labute approximate surface area is 194 Å². The Hall–Kier alpha value is -2.91. The summed E-state index contributed by atoms with van der Waals surface area (Å²) < 4.78 is 21.5. The number of anilines is 1. The minimum Gasteiger partial charge on any atom is -0.508 e. The molecule has 9 heteroatoms. The van der Waals surface area contributed by atoms with Crippen molar-refractivity contribution in [1.82, 2.24) is 9.71 Å². The molecule has 0 bridgehead atoms. The van der Waals surface area contributed by atoms with Crippen molar-refractivity contribution in [2.24, 2.45) is 5.41 Å². The SMILES string of the molecule is COc1ccc(-c2sc(NC(=O)C(C)(C)C)nc2C)cc1S(=O)NC1=CCC=C(O)C=C1. The number of nitrogens with one attached hydrogen (secondary N) is 2. The fourth-order valence-electron chi connectivity index (χ4n) is 2.82. The van der Waals surface area contributed by atoms with Gasteiger partial charge in [-0.25, -0.2) is 9.19 Å². The molecule has 0 radical (unpaired) electrons. The third kappa shape index (κ3) is 5.66. The van der Waals surface area contributed by atoms with E-state index in [1.165, 1.54) is 18.4 Å². The monoisotopic (exact) mass is 473 g/mol. The largest absolute Gasteiger partial charge is 0.508 e. The third-order valence-electron chi connectivity index (χ3n) is 4.63. The molecule has 1 unspecified atom stereocenters. The predicted molar refractivity (Wildman–Crippen MR) is 129 cm³/mol. The minimum atomic E-state index is -1.60. The molecular formula is C23H27N3O4S2. The predicted octanol–water partition coefficient (Wildman–Crippen LogP) is 5.01. The van der Waals surface area contributed by atoms with Gasteiger partial charge < -0.3 is 19.9 Å². The smallest absolute Gasteiger partial charge is 0.231 e. The second-order valence-corrected chi connectivity index (χ2v) is 10.4. The van der Waals surface area contributed by atoms with Gasteiger partial charge in [-0.05, 0) is 55.3 Å². The first-order chi connectivity index (χ1) is 15.1. The summed E-state index contributed by atoms with van der Waals surface area (Å²) in [5.41, 5.74) is 1.71. The van der Waals surface area contributed by atoms with Crippen molar-refractivity contribution >= 4 is 33.4 Å². The second-order valence-electron chi connectivity index (χ2n) is 8.23. The Balaban J connectivity index is 1.88. The van der Waals surface area contributed by atoms with Crippen molar-refractivity contribution in [2.75, 3.05) is 12.4 Å². The molecule has 0 saturated carbocycles. The normalized spacial score (nSPS) is 14.8. The molecule has 0 aliphatic heterocycles. The van der Waals surface area contributed by atoms with E-state index in [4.69, 9.17) is 4.74 Å². The van der Waals surface area contributed by atoms with Gasteiger partial charge in [-0.15, -0.1) is 0 Å². The van der Waals surface area contributed by atoms with Gasteiger partial charge in [0.25, 0.3) is 0 Å². The fraction of sp³-hybridized carbons (Fsp3) is 0.304. The van der Waals surface area contributed by atoms with E-state index in [0.717, 1.165) is 16.1 Å². The lowest BCUT2D eigenvalue weighted by molar-refractivity contribution is -0.123. The van der Waals surface area contributed by atoms with Gasteiger partial charge in [0.2, 0.25) is 5.91 Å². The van der Waals surface area contributed by atoms with Crippen molar-refractivity contribution in [1.29, 1.82) is 0 Å². The van der Waals surface area contributed by atoms with Crippen LogP contribution in [0, 0.1) is 12.3 Å². The molecule has 2 aromatic rings. The molecule has 170 valence electrons. The highest BCUT2D eigenvalue weighted by Gasteiger charge is 2.23. The zero-order valence-electron chi connectivity index (χ0n) is 18.7. The van der Waals surface area contributed by atoms with E-state index in [9.17, 15) is 14.1 Å². The maximum absolute atomic E-state index is 13.1. The van der Waals surface area contributed by atoms with Gasteiger partial charge in [-0.3, -0.25) is 4.79 Å². The number of aliphatic hydroxyl groups excluding tert-OH is 1. The van der Waals surface area contributed by atoms with Gasteiger partial charge in [0.1, 0.15) is 16.4 Å². The molecule has 0 fully saturated rings. The molecule has 0 spiro atoms. The van der Waals surface area contributed by atoms with Gasteiger partial charge in [0.05, 0.1) is 17.7 Å². The minimum absolute atomic E-state index is 0.108. The number of allylic oxidation sites excluding steroid dienone is 4. The van der Waals surface area contributed by atoms with E-state index >= 15 is 0 Å². The van der Waals surface area contributed by atoms with Crippen LogP contribution in [0.25, 0.3) is 10.4 Å². The van der Waals surface area contributed by atoms with E-state index in [1.807, 2.05) is 39.8 Å². The highest BCUT2D eigenvalue weighted by molar-refractivity contribution is 7.83. The average molecular weight is 474 g/mol. The molecule has 1 aliphatic carbocycles. The number of rotatable bonds is 6. The molecule has 3 rings (SSSR count). The molecule has 1 atom stereocenters. The van der Waals surface area contributed by atoms with E-state index in [2.05, 4.69) is 15.0 Å². The van der Waals surface area contributed by atoms with Gasteiger partial charge in [0.15, 0.2) is 16.1 Å². The van der Waals surface area contributed by atoms with Crippen LogP contribution in [0.1, 0.15) is 32.9 Å². The van der Waals surface area contributed by atoms with Crippen LogP contribution >= 0.6 is 11.3 Å². The van der Waals surface area contributed by atoms with E-state index < -0.39 is 16.4 Å². The summed E-state index contributed by atoms with van der Waals surface area (Å²) in [4.78, 5) is 18.2. The van der Waals surface area contributed by atoms with Crippen molar-refractivity contribution < 1.29 is 18.8 Å². The standard InChI is InChI=1S/C23H27N3O4S2/c1-14-20(31-22(24-14)25-21(28)23(2,3)4)15-9-12-18(30-5)19(13-15)32(29)26-16-7-6-8-17(27)11-10-16/h7-13,26-27H,6H2,1-5H3,(H,24,25,28). The van der Waals surface area contributed by atoms with E-state index in [-0.39, 0.29) is 11.7 Å². The molecule has 1 aromatic heterocycles. The van der Waals surface area contributed by atoms with Crippen molar-refractivity contribution in [3.05, 3.63) is 59.7 Å². The first kappa shape index (κ1) is 23.7. The number of hydrogen-bond acceptors (Lipinski definition) is 6. The number of nitrogens with zero attached hydrogens (tertiary/aromatic N) is 1. The maximum atomic E-state index is 13.1. The molecule has 32 heavy (non-hydrogen) atoms. The third-order valence-corrected chi connectivity index (χ3v) is 6.89. The van der Waals surface area contributed by atoms with Crippen LogP contribution in [0.4, 0.5) is 5.13 Å². The van der Waals surface area contributed by atoms with Crippen LogP contribution in [0.15, 0.2) is 58.9 Å². The van der Waals surface area contributed by atoms with Crippen LogP contribution in [0.3, 0.4) is 0 Å². The van der Waals surface area contributed by atoms with Gasteiger partial charge in [0, 0.05) is 11.1 Å². The Morgan fingerprint density at radius 3 is 2.69 bits per heavy atom. The Kier molecular flexibility index (Phi) is 7.20. The highest BCUT2D eigenvalue weighted by Crippen LogP contribution is 2.36. The molecule has 1 heterocycles. The lowest BCUT2D eigenvalue weighted by Crippen LogP contribution is -2.27. The van der Waals surface area contributed by atoms with E-state index in [1.54, 1.807) is 30.4 Å². The molecule has 7 nitrogen and oxygen atoms in total. The zero-order valence-corrected chi connectivity index (χ0v) is 20.3. The summed E-state index contributed by atoms with van der Waals surface area (Å²) in [6, 6.07) is 5.44. The van der Waals surface area contributed by atoms with Crippen LogP contribution < -0.4 is 14.8 Å². The molecule has 0 saturated heterocycles. The molecular weight excluding hydrogens is 446 g/mol. The quantitative estimate of drug-likeness (QED) is 0.548. The van der Waals surface area contributed by atoms with Gasteiger partial charge in [-0.2, -0.15) is 0 Å². The summed E-state index contributed by atoms with van der Waals surface area (Å²) in [6.45, 7) is 7.41. The lowest BCUT2D eigenvalue weighted by atomic mass is 9.96. The second kappa shape index (κ2) is 9.70. The summed E-state index contributed by atoms with van der Waals surface area (Å²) in [5, 5.41) is 13.0. The zero-order chi connectivity index (χ0) is 23.5. The Morgan fingerprint density at radius 1 is 1.25 bits per heavy atom. The maximum Gasteiger partial charge on any atom is 0.231 e. The first-order valence-electron chi connectivity index (χ1n) is 10.0. The Bertz CT molecular complexity index is 1140. The Morgan fingerprint density at radius 2 is 2.00 bits per heavy atom. The summed E-state index contributed by atoms with van der Waals surface area (Å²) in [7, 11) is -0.0726. The number of carbonyl (C=O) groups is 1. The van der Waals surface area contributed by atoms with Crippen molar-refractivity contribution in [3.8, 4) is 16.2 Å².